The highest BCUT2D eigenvalue weighted by Gasteiger charge is 2.13. The number of Topliss-reactive ketones (excluding diaryl/α,β-unsaturated/α-hetero) is 1. The summed E-state index contributed by atoms with van der Waals surface area (Å²) < 4.78 is 18.4. The Labute approximate surface area is 159 Å². The van der Waals surface area contributed by atoms with Crippen LogP contribution in [0.15, 0.2) is 58.2 Å². The molecule has 0 aliphatic carbocycles. The van der Waals surface area contributed by atoms with Gasteiger partial charge in [0.15, 0.2) is 5.78 Å². The Bertz CT molecular complexity index is 940. The van der Waals surface area contributed by atoms with Crippen LogP contribution in [0.4, 0.5) is 10.1 Å². The van der Waals surface area contributed by atoms with Crippen molar-refractivity contribution in [2.45, 2.75) is 18.6 Å². The van der Waals surface area contributed by atoms with Gasteiger partial charge in [-0.3, -0.25) is 9.59 Å². The minimum atomic E-state index is -0.348. The van der Waals surface area contributed by atoms with Crippen LogP contribution in [0.25, 0.3) is 11.5 Å². The number of carbonyl (C=O) groups excluding carboxylic acids is 2. The van der Waals surface area contributed by atoms with Gasteiger partial charge in [0.2, 0.25) is 11.8 Å². The first-order valence-corrected chi connectivity index (χ1v) is 9.19. The lowest BCUT2D eigenvalue weighted by atomic mass is 10.1. The van der Waals surface area contributed by atoms with E-state index in [9.17, 15) is 14.0 Å². The number of aromatic nitrogens is 2. The Morgan fingerprint density at radius 2 is 1.78 bits per heavy atom. The molecular weight excluding hydrogens is 369 g/mol. The molecule has 0 fully saturated rings. The summed E-state index contributed by atoms with van der Waals surface area (Å²) in [5, 5.41) is 10.8. The molecular formula is C19H16FN3O3S. The molecule has 1 amide bonds. The molecule has 3 rings (SSSR count). The molecule has 0 bridgehead atoms. The van der Waals surface area contributed by atoms with Gasteiger partial charge in [-0.1, -0.05) is 18.7 Å². The quantitative estimate of drug-likeness (QED) is 0.485. The first-order chi connectivity index (χ1) is 13.0. The second-order valence-corrected chi connectivity index (χ2v) is 6.50. The molecule has 2 aromatic carbocycles. The lowest BCUT2D eigenvalue weighted by molar-refractivity contribution is -0.115. The minimum absolute atomic E-state index is 0.0852. The first kappa shape index (κ1) is 18.8. The Kier molecular flexibility index (Phi) is 5.97. The van der Waals surface area contributed by atoms with Gasteiger partial charge in [-0.25, -0.2) is 4.39 Å². The highest BCUT2D eigenvalue weighted by Crippen LogP contribution is 2.24. The molecule has 0 unspecified atom stereocenters. The van der Waals surface area contributed by atoms with Gasteiger partial charge in [0.25, 0.3) is 5.22 Å². The van der Waals surface area contributed by atoms with Gasteiger partial charge in [0.05, 0.1) is 5.75 Å². The molecule has 27 heavy (non-hydrogen) atoms. The Morgan fingerprint density at radius 1 is 1.07 bits per heavy atom. The van der Waals surface area contributed by atoms with Gasteiger partial charge in [0.1, 0.15) is 5.82 Å². The van der Waals surface area contributed by atoms with Crippen LogP contribution < -0.4 is 5.32 Å². The molecule has 1 heterocycles. The van der Waals surface area contributed by atoms with Crippen LogP contribution in [0.1, 0.15) is 23.7 Å². The smallest absolute Gasteiger partial charge is 0.277 e. The summed E-state index contributed by atoms with van der Waals surface area (Å²) in [6, 6.07) is 12.4. The van der Waals surface area contributed by atoms with E-state index in [1.54, 1.807) is 43.3 Å². The van der Waals surface area contributed by atoms with Crippen molar-refractivity contribution in [1.29, 1.82) is 0 Å². The van der Waals surface area contributed by atoms with E-state index in [2.05, 4.69) is 15.5 Å². The third kappa shape index (κ3) is 5.01. The van der Waals surface area contributed by atoms with Gasteiger partial charge in [-0.15, -0.1) is 10.2 Å². The number of rotatable bonds is 7. The summed E-state index contributed by atoms with van der Waals surface area (Å²) in [5.74, 6) is -0.140. The number of ketones is 1. The van der Waals surface area contributed by atoms with E-state index in [-0.39, 0.29) is 34.4 Å². The molecule has 1 aromatic heterocycles. The van der Waals surface area contributed by atoms with Gasteiger partial charge in [0, 0.05) is 23.2 Å². The van der Waals surface area contributed by atoms with Crippen LogP contribution in [0, 0.1) is 5.82 Å². The second kappa shape index (κ2) is 8.59. The van der Waals surface area contributed by atoms with Crippen molar-refractivity contribution in [3.63, 3.8) is 0 Å². The predicted octanol–water partition coefficient (Wildman–Crippen LogP) is 4.20. The predicted molar refractivity (Wildman–Crippen MR) is 100 cm³/mol. The first-order valence-electron chi connectivity index (χ1n) is 8.20. The van der Waals surface area contributed by atoms with Crippen molar-refractivity contribution in [2.75, 3.05) is 11.1 Å². The lowest BCUT2D eigenvalue weighted by Crippen LogP contribution is -2.09. The third-order valence-corrected chi connectivity index (χ3v) is 4.45. The van der Waals surface area contributed by atoms with Gasteiger partial charge >= 0.3 is 0 Å². The number of anilines is 1. The molecule has 0 radical (unpaired) electrons. The van der Waals surface area contributed by atoms with Crippen LogP contribution in [0.2, 0.25) is 0 Å². The number of nitrogens with one attached hydrogen (secondary N) is 1. The Morgan fingerprint density at radius 3 is 2.44 bits per heavy atom. The maximum absolute atomic E-state index is 13.0. The van der Waals surface area contributed by atoms with Crippen LogP contribution in [-0.4, -0.2) is 27.6 Å². The highest BCUT2D eigenvalue weighted by atomic mass is 32.2. The van der Waals surface area contributed by atoms with Crippen LogP contribution in [-0.2, 0) is 4.79 Å². The van der Waals surface area contributed by atoms with Crippen molar-refractivity contribution < 1.29 is 18.4 Å². The fraction of sp³-hybridized carbons (Fsp3) is 0.158. The normalized spacial score (nSPS) is 10.6. The summed E-state index contributed by atoms with van der Waals surface area (Å²) >= 11 is 1.13. The van der Waals surface area contributed by atoms with Crippen LogP contribution in [0.5, 0.6) is 0 Å². The number of amides is 1. The van der Waals surface area contributed by atoms with E-state index < -0.39 is 0 Å². The summed E-state index contributed by atoms with van der Waals surface area (Å²) in [7, 11) is 0. The molecule has 0 saturated heterocycles. The molecule has 0 spiro atoms. The van der Waals surface area contributed by atoms with Crippen LogP contribution in [0.3, 0.4) is 0 Å². The van der Waals surface area contributed by atoms with E-state index in [0.717, 1.165) is 11.8 Å². The fourth-order valence-corrected chi connectivity index (χ4v) is 2.83. The summed E-state index contributed by atoms with van der Waals surface area (Å²) in [6.07, 6.45) is 0.390. The molecule has 1 N–H and O–H groups in total. The molecule has 6 nitrogen and oxygen atoms in total. The van der Waals surface area contributed by atoms with E-state index >= 15 is 0 Å². The second-order valence-electron chi connectivity index (χ2n) is 5.57. The number of benzene rings is 2. The largest absolute Gasteiger partial charge is 0.411 e. The van der Waals surface area contributed by atoms with Crippen molar-refractivity contribution >= 4 is 29.1 Å². The van der Waals surface area contributed by atoms with E-state index in [4.69, 9.17) is 4.42 Å². The number of hydrogen-bond acceptors (Lipinski definition) is 6. The van der Waals surface area contributed by atoms with Crippen molar-refractivity contribution in [3.05, 3.63) is 59.9 Å². The van der Waals surface area contributed by atoms with E-state index in [1.165, 1.54) is 12.1 Å². The number of thioether (sulfide) groups is 1. The number of hydrogen-bond donors (Lipinski definition) is 1. The van der Waals surface area contributed by atoms with E-state index in [0.29, 0.717) is 23.2 Å². The Hall–Kier alpha value is -3.00. The molecule has 0 atom stereocenters. The zero-order valence-electron chi connectivity index (χ0n) is 14.4. The number of carbonyl (C=O) groups is 2. The number of halogens is 1. The van der Waals surface area contributed by atoms with Gasteiger partial charge in [-0.05, 0) is 48.5 Å². The molecule has 0 aliphatic rings. The molecule has 8 heteroatoms. The maximum Gasteiger partial charge on any atom is 0.277 e. The summed E-state index contributed by atoms with van der Waals surface area (Å²) in [4.78, 5) is 23.6. The monoisotopic (exact) mass is 385 g/mol. The zero-order valence-corrected chi connectivity index (χ0v) is 15.3. The summed E-state index contributed by atoms with van der Waals surface area (Å²) in [5.41, 5.74) is 1.77. The molecule has 0 saturated carbocycles. The topological polar surface area (TPSA) is 85.1 Å². The van der Waals surface area contributed by atoms with Gasteiger partial charge < -0.3 is 9.73 Å². The Balaban J connectivity index is 1.57. The zero-order chi connectivity index (χ0) is 19.2. The highest BCUT2D eigenvalue weighted by molar-refractivity contribution is 7.99. The summed E-state index contributed by atoms with van der Waals surface area (Å²) in [6.45, 7) is 1.77. The lowest BCUT2D eigenvalue weighted by Gasteiger charge is -2.04. The number of nitrogens with zero attached hydrogens (tertiary/aromatic N) is 2. The average Bonchev–Trinajstić information content (AvgIpc) is 3.16. The fourth-order valence-electron chi connectivity index (χ4n) is 2.18. The van der Waals surface area contributed by atoms with E-state index in [1.807, 2.05) is 0 Å². The van der Waals surface area contributed by atoms with Gasteiger partial charge in [-0.2, -0.15) is 0 Å². The minimum Gasteiger partial charge on any atom is -0.411 e. The third-order valence-electron chi connectivity index (χ3n) is 3.64. The molecule has 3 aromatic rings. The average molecular weight is 385 g/mol. The van der Waals surface area contributed by atoms with Crippen molar-refractivity contribution in [2.24, 2.45) is 0 Å². The molecule has 138 valence electrons. The van der Waals surface area contributed by atoms with Crippen LogP contribution >= 0.6 is 11.8 Å². The van der Waals surface area contributed by atoms with Crippen molar-refractivity contribution in [3.8, 4) is 11.5 Å². The SMILES string of the molecule is CCC(=O)Nc1ccc(C(=O)CSc2nnc(-c3ccc(F)cc3)o2)cc1. The van der Waals surface area contributed by atoms with Crippen molar-refractivity contribution in [1.82, 2.24) is 10.2 Å². The molecule has 0 aliphatic heterocycles. The maximum atomic E-state index is 13.0. The standard InChI is InChI=1S/C19H16FN3O3S/c1-2-17(25)21-15-9-5-12(6-10-15)16(24)11-27-19-23-22-18(26-19)13-3-7-14(20)8-4-13/h3-10H,2,11H2,1H3,(H,21,25).